The van der Waals surface area contributed by atoms with Crippen LogP contribution < -0.4 is 15.2 Å². The van der Waals surface area contributed by atoms with Crippen LogP contribution in [0.25, 0.3) is 0 Å². The van der Waals surface area contributed by atoms with Crippen molar-refractivity contribution >= 4 is 15.9 Å². The molecule has 0 saturated heterocycles. The third-order valence-electron chi connectivity index (χ3n) is 2.13. The van der Waals surface area contributed by atoms with E-state index in [0.29, 0.717) is 12.2 Å². The lowest BCUT2D eigenvalue weighted by Gasteiger charge is -2.11. The summed E-state index contributed by atoms with van der Waals surface area (Å²) in [4.78, 5) is 0. The lowest BCUT2D eigenvalue weighted by Crippen LogP contribution is -2.32. The monoisotopic (exact) mass is 281 g/mol. The highest BCUT2D eigenvalue weighted by molar-refractivity contribution is 7.90. The van der Waals surface area contributed by atoms with Gasteiger partial charge in [-0.05, 0) is 24.1 Å². The standard InChI is InChI=1S/C13H19N3O2S/c1-11(2)10-15-19(17,18)16-13-7-3-5-12(9-13)6-4-8-14/h3,5,7,9,11,15-16H,8,10,14H2,1-2H3. The fourth-order valence-electron chi connectivity index (χ4n) is 1.28. The molecular weight excluding hydrogens is 262 g/mol. The SMILES string of the molecule is CC(C)CNS(=O)(=O)Nc1cccc(C#CCN)c1. The molecule has 0 spiro atoms. The van der Waals surface area contributed by atoms with Crippen LogP contribution in [0, 0.1) is 17.8 Å². The Bertz CT molecular complexity index is 571. The molecule has 0 unspecified atom stereocenters. The number of anilines is 1. The Labute approximate surface area is 114 Å². The molecule has 1 aromatic carbocycles. The minimum Gasteiger partial charge on any atom is -0.320 e. The van der Waals surface area contributed by atoms with Crippen LogP contribution in [0.1, 0.15) is 19.4 Å². The first-order valence-corrected chi connectivity index (χ1v) is 7.47. The molecule has 104 valence electrons. The van der Waals surface area contributed by atoms with Gasteiger partial charge in [-0.1, -0.05) is 31.8 Å². The molecule has 0 atom stereocenters. The van der Waals surface area contributed by atoms with Crippen LogP contribution in [0.4, 0.5) is 5.69 Å². The van der Waals surface area contributed by atoms with Crippen LogP contribution in [-0.2, 0) is 10.2 Å². The zero-order valence-electron chi connectivity index (χ0n) is 11.1. The zero-order valence-corrected chi connectivity index (χ0v) is 11.9. The molecule has 1 aromatic rings. The zero-order chi connectivity index (χ0) is 14.3. The molecule has 0 aliphatic rings. The minimum absolute atomic E-state index is 0.248. The van der Waals surface area contributed by atoms with Gasteiger partial charge < -0.3 is 5.73 Å². The van der Waals surface area contributed by atoms with E-state index in [1.807, 2.05) is 13.8 Å². The number of nitrogens with two attached hydrogens (primary N) is 1. The van der Waals surface area contributed by atoms with E-state index in [9.17, 15) is 8.42 Å². The molecule has 6 heteroatoms. The van der Waals surface area contributed by atoms with E-state index in [4.69, 9.17) is 5.73 Å². The highest BCUT2D eigenvalue weighted by Gasteiger charge is 2.09. The number of nitrogens with one attached hydrogen (secondary N) is 2. The molecule has 1 rings (SSSR count). The lowest BCUT2D eigenvalue weighted by atomic mass is 10.2. The van der Waals surface area contributed by atoms with Crippen LogP contribution in [0.15, 0.2) is 24.3 Å². The quantitative estimate of drug-likeness (QED) is 0.701. The van der Waals surface area contributed by atoms with E-state index in [-0.39, 0.29) is 12.5 Å². The van der Waals surface area contributed by atoms with Gasteiger partial charge in [0.15, 0.2) is 0 Å². The summed E-state index contributed by atoms with van der Waals surface area (Å²) in [7, 11) is -3.54. The minimum atomic E-state index is -3.54. The Kier molecular flexibility index (Phi) is 5.83. The highest BCUT2D eigenvalue weighted by atomic mass is 32.2. The first-order valence-electron chi connectivity index (χ1n) is 5.99. The van der Waals surface area contributed by atoms with Gasteiger partial charge in [0.25, 0.3) is 10.2 Å². The maximum Gasteiger partial charge on any atom is 0.299 e. The average Bonchev–Trinajstić information content (AvgIpc) is 2.34. The normalized spacial score (nSPS) is 10.9. The Morgan fingerprint density at radius 2 is 2.11 bits per heavy atom. The molecule has 0 fully saturated rings. The summed E-state index contributed by atoms with van der Waals surface area (Å²) in [6.07, 6.45) is 0. The van der Waals surface area contributed by atoms with Gasteiger partial charge in [-0.25, -0.2) is 0 Å². The third kappa shape index (κ3) is 6.25. The largest absolute Gasteiger partial charge is 0.320 e. The van der Waals surface area contributed by atoms with Crippen molar-refractivity contribution in [3.63, 3.8) is 0 Å². The molecule has 0 saturated carbocycles. The van der Waals surface area contributed by atoms with Crippen molar-refractivity contribution in [2.75, 3.05) is 17.8 Å². The Morgan fingerprint density at radius 1 is 1.37 bits per heavy atom. The average molecular weight is 281 g/mol. The summed E-state index contributed by atoms with van der Waals surface area (Å²) in [5, 5.41) is 0. The molecule has 0 radical (unpaired) electrons. The summed E-state index contributed by atoms with van der Waals surface area (Å²) in [6, 6.07) is 6.86. The van der Waals surface area contributed by atoms with Crippen molar-refractivity contribution in [2.24, 2.45) is 11.7 Å². The van der Waals surface area contributed by atoms with Crippen molar-refractivity contribution < 1.29 is 8.42 Å². The van der Waals surface area contributed by atoms with Crippen LogP contribution in [0.3, 0.4) is 0 Å². The van der Waals surface area contributed by atoms with Crippen molar-refractivity contribution in [1.29, 1.82) is 0 Å². The van der Waals surface area contributed by atoms with E-state index in [2.05, 4.69) is 21.3 Å². The van der Waals surface area contributed by atoms with Gasteiger partial charge in [0.1, 0.15) is 0 Å². The Hall–Kier alpha value is -1.55. The number of hydrogen-bond donors (Lipinski definition) is 3. The molecule has 0 aliphatic carbocycles. The van der Waals surface area contributed by atoms with Gasteiger partial charge in [-0.3, -0.25) is 4.72 Å². The molecule has 0 bridgehead atoms. The van der Waals surface area contributed by atoms with E-state index in [1.54, 1.807) is 24.3 Å². The summed E-state index contributed by atoms with van der Waals surface area (Å²) in [5.74, 6) is 5.82. The molecule has 0 aliphatic heterocycles. The van der Waals surface area contributed by atoms with E-state index in [1.165, 1.54) is 0 Å². The molecule has 5 nitrogen and oxygen atoms in total. The topological polar surface area (TPSA) is 84.2 Å². The van der Waals surface area contributed by atoms with Crippen molar-refractivity contribution in [3.8, 4) is 11.8 Å². The van der Waals surface area contributed by atoms with Gasteiger partial charge in [0.2, 0.25) is 0 Å². The summed E-state index contributed by atoms with van der Waals surface area (Å²) < 4.78 is 28.4. The number of rotatable bonds is 5. The summed E-state index contributed by atoms with van der Waals surface area (Å²) in [5.41, 5.74) is 6.48. The first kappa shape index (κ1) is 15.5. The summed E-state index contributed by atoms with van der Waals surface area (Å²) >= 11 is 0. The smallest absolute Gasteiger partial charge is 0.299 e. The first-order chi connectivity index (χ1) is 8.93. The second-order valence-electron chi connectivity index (χ2n) is 4.43. The van der Waals surface area contributed by atoms with Crippen LogP contribution >= 0.6 is 0 Å². The van der Waals surface area contributed by atoms with Gasteiger partial charge in [0.05, 0.1) is 12.2 Å². The Morgan fingerprint density at radius 3 is 2.74 bits per heavy atom. The maximum absolute atomic E-state index is 11.8. The van der Waals surface area contributed by atoms with E-state index < -0.39 is 10.2 Å². The lowest BCUT2D eigenvalue weighted by molar-refractivity contribution is 0.565. The predicted octanol–water partition coefficient (Wildman–Crippen LogP) is 0.899. The van der Waals surface area contributed by atoms with Crippen molar-refractivity contribution in [2.45, 2.75) is 13.8 Å². The molecule has 0 heterocycles. The van der Waals surface area contributed by atoms with Gasteiger partial charge in [-0.15, -0.1) is 0 Å². The van der Waals surface area contributed by atoms with E-state index in [0.717, 1.165) is 5.56 Å². The third-order valence-corrected chi connectivity index (χ3v) is 3.18. The fourth-order valence-corrected chi connectivity index (χ4v) is 2.34. The molecule has 0 aromatic heterocycles. The highest BCUT2D eigenvalue weighted by Crippen LogP contribution is 2.11. The van der Waals surface area contributed by atoms with Crippen molar-refractivity contribution in [3.05, 3.63) is 29.8 Å². The predicted molar refractivity (Wildman–Crippen MR) is 77.8 cm³/mol. The van der Waals surface area contributed by atoms with Crippen LogP contribution in [0.2, 0.25) is 0 Å². The molecule has 0 amide bonds. The molecule has 4 N–H and O–H groups in total. The van der Waals surface area contributed by atoms with Gasteiger partial charge in [0, 0.05) is 12.1 Å². The molecule has 19 heavy (non-hydrogen) atoms. The van der Waals surface area contributed by atoms with Gasteiger partial charge in [-0.2, -0.15) is 13.1 Å². The number of benzene rings is 1. The molecular formula is C13H19N3O2S. The van der Waals surface area contributed by atoms with Crippen LogP contribution in [0.5, 0.6) is 0 Å². The second kappa shape index (κ2) is 7.14. The number of hydrogen-bond acceptors (Lipinski definition) is 3. The van der Waals surface area contributed by atoms with E-state index >= 15 is 0 Å². The Balaban J connectivity index is 2.76. The van der Waals surface area contributed by atoms with Crippen molar-refractivity contribution in [1.82, 2.24) is 4.72 Å². The fraction of sp³-hybridized carbons (Fsp3) is 0.385. The van der Waals surface area contributed by atoms with Gasteiger partial charge >= 0.3 is 0 Å². The maximum atomic E-state index is 11.8. The second-order valence-corrected chi connectivity index (χ2v) is 5.93. The summed E-state index contributed by atoms with van der Waals surface area (Å²) in [6.45, 7) is 4.53. The van der Waals surface area contributed by atoms with Crippen LogP contribution in [-0.4, -0.2) is 21.5 Å².